The van der Waals surface area contributed by atoms with Gasteiger partial charge in [-0.05, 0) is 58.1 Å². The molecule has 1 saturated heterocycles. The van der Waals surface area contributed by atoms with Crippen molar-refractivity contribution in [2.75, 3.05) is 0 Å². The van der Waals surface area contributed by atoms with Crippen LogP contribution in [0.2, 0.25) is 0 Å². The van der Waals surface area contributed by atoms with E-state index in [1.807, 2.05) is 32.9 Å². The predicted molar refractivity (Wildman–Crippen MR) is 146 cm³/mol. The first-order chi connectivity index (χ1) is 18.2. The van der Waals surface area contributed by atoms with Crippen molar-refractivity contribution in [2.24, 2.45) is 23.2 Å². The van der Waals surface area contributed by atoms with Crippen molar-refractivity contribution in [3.05, 3.63) is 71.4 Å². The zero-order chi connectivity index (χ0) is 29.1. The quantitative estimate of drug-likeness (QED) is 0.237. The van der Waals surface area contributed by atoms with Crippen molar-refractivity contribution >= 4 is 17.7 Å². The molecule has 0 saturated carbocycles. The monoisotopic (exact) mass is 540 g/mol. The summed E-state index contributed by atoms with van der Waals surface area (Å²) in [5.41, 5.74) is 0.195. The van der Waals surface area contributed by atoms with Gasteiger partial charge in [-0.1, -0.05) is 61.1 Å². The van der Waals surface area contributed by atoms with Crippen molar-refractivity contribution in [2.45, 2.75) is 78.5 Å². The number of fused-ring (bicyclic) bond motifs is 3. The van der Waals surface area contributed by atoms with Crippen molar-refractivity contribution in [3.8, 4) is 0 Å². The first-order valence-electron chi connectivity index (χ1n) is 13.3. The molecule has 0 aromatic rings. The van der Waals surface area contributed by atoms with Gasteiger partial charge in [-0.15, -0.1) is 0 Å². The van der Waals surface area contributed by atoms with Gasteiger partial charge in [0.15, 0.2) is 6.29 Å². The summed E-state index contributed by atoms with van der Waals surface area (Å²) in [5, 5.41) is 29.7. The zero-order valence-corrected chi connectivity index (χ0v) is 23.5. The normalized spacial score (nSPS) is 34.9. The maximum Gasteiger partial charge on any atom is 0.328 e. The number of aliphatic hydroxyl groups is 2. The molecule has 1 heterocycles. The first kappa shape index (κ1) is 30.5. The molecular weight excluding hydrogens is 500 g/mol. The number of Topliss-reactive ketones (excluding diaryl/α,β-unsaturated/α-hetero) is 1. The Morgan fingerprint density at radius 3 is 2.51 bits per heavy atom. The lowest BCUT2D eigenvalue weighted by atomic mass is 9.53. The molecule has 0 aromatic heterocycles. The van der Waals surface area contributed by atoms with E-state index in [4.69, 9.17) is 14.6 Å². The number of aliphatic hydroxyl groups excluding tert-OH is 2. The minimum Gasteiger partial charge on any atom is -0.478 e. The predicted octanol–water partition coefficient (Wildman–Crippen LogP) is 4.21. The second kappa shape index (κ2) is 12.0. The Hall–Kier alpha value is -3.07. The van der Waals surface area contributed by atoms with E-state index < -0.39 is 53.3 Å². The molecule has 3 aliphatic rings. The van der Waals surface area contributed by atoms with Crippen LogP contribution in [0, 0.1) is 23.2 Å². The average molecular weight is 541 g/mol. The molecule has 3 rings (SSSR count). The van der Waals surface area contributed by atoms with Gasteiger partial charge >= 0.3 is 11.9 Å². The van der Waals surface area contributed by atoms with E-state index in [1.165, 1.54) is 6.08 Å². The Labute approximate surface area is 230 Å². The number of carbonyl (C=O) groups excluding carboxylic acids is 2. The molecule has 3 N–H and O–H groups in total. The summed E-state index contributed by atoms with van der Waals surface area (Å²) < 4.78 is 11.9. The van der Waals surface area contributed by atoms with Crippen LogP contribution < -0.4 is 0 Å². The number of ether oxygens (including phenoxy) is 2. The third-order valence-corrected chi connectivity index (χ3v) is 8.27. The summed E-state index contributed by atoms with van der Waals surface area (Å²) in [6.07, 6.45) is 12.6. The molecule has 8 atom stereocenters. The van der Waals surface area contributed by atoms with Gasteiger partial charge in [-0.3, -0.25) is 9.59 Å². The van der Waals surface area contributed by atoms with Crippen LogP contribution in [0.25, 0.3) is 0 Å². The van der Waals surface area contributed by atoms with Crippen molar-refractivity contribution in [3.63, 3.8) is 0 Å². The standard InChI is InChI=1S/C31H40O8/c1-18(10-8-12-25(33)34)9-7-11-20(3)28(36)21(4)29(37)38-23-16-19(2)15-22-13-14-30(5)31(6,27(22)23)24(32)17-26(35)39-30/h7-15,19,21,23,26-28,35-36H,16-17H2,1-6H3,(H,33,34)/b9-7+,12-8+,18-10+,20-11+/t19-,21?,23-,26+,27+,28?,30-,31+/m0/s1. The fourth-order valence-corrected chi connectivity index (χ4v) is 5.81. The number of carboxylic acid groups (broad SMARTS) is 1. The summed E-state index contributed by atoms with van der Waals surface area (Å²) in [7, 11) is 0. The van der Waals surface area contributed by atoms with E-state index >= 15 is 0 Å². The van der Waals surface area contributed by atoms with Crippen LogP contribution in [-0.2, 0) is 23.9 Å². The van der Waals surface area contributed by atoms with Gasteiger partial charge in [-0.25, -0.2) is 4.79 Å². The lowest BCUT2D eigenvalue weighted by Gasteiger charge is -2.56. The Morgan fingerprint density at radius 1 is 1.18 bits per heavy atom. The van der Waals surface area contributed by atoms with Crippen LogP contribution in [0.4, 0.5) is 0 Å². The van der Waals surface area contributed by atoms with E-state index in [2.05, 4.69) is 6.08 Å². The molecule has 212 valence electrons. The van der Waals surface area contributed by atoms with Gasteiger partial charge in [0.1, 0.15) is 11.9 Å². The Morgan fingerprint density at radius 2 is 1.85 bits per heavy atom. The first-order valence-corrected chi connectivity index (χ1v) is 13.3. The lowest BCUT2D eigenvalue weighted by Crippen LogP contribution is -2.64. The fourth-order valence-electron chi connectivity index (χ4n) is 5.81. The van der Waals surface area contributed by atoms with Gasteiger partial charge in [0.05, 0.1) is 29.5 Å². The van der Waals surface area contributed by atoms with E-state index in [-0.39, 0.29) is 18.1 Å². The molecule has 8 nitrogen and oxygen atoms in total. The summed E-state index contributed by atoms with van der Waals surface area (Å²) >= 11 is 0. The molecular formula is C31H40O8. The average Bonchev–Trinajstić information content (AvgIpc) is 2.84. The fraction of sp³-hybridized carbons (Fsp3) is 0.516. The van der Waals surface area contributed by atoms with E-state index in [0.717, 1.165) is 17.2 Å². The molecule has 1 fully saturated rings. The lowest BCUT2D eigenvalue weighted by molar-refractivity contribution is -0.242. The highest BCUT2D eigenvalue weighted by Crippen LogP contribution is 2.56. The summed E-state index contributed by atoms with van der Waals surface area (Å²) in [6.45, 7) is 10.8. The number of hydrogen-bond acceptors (Lipinski definition) is 7. The largest absolute Gasteiger partial charge is 0.478 e. The summed E-state index contributed by atoms with van der Waals surface area (Å²) in [5.74, 6) is -2.91. The minimum atomic E-state index is -1.19. The molecule has 1 aliphatic heterocycles. The van der Waals surface area contributed by atoms with Gasteiger partial charge in [0.2, 0.25) is 0 Å². The summed E-state index contributed by atoms with van der Waals surface area (Å²) in [6, 6.07) is 0. The number of carbonyl (C=O) groups is 3. The molecule has 0 radical (unpaired) electrons. The third-order valence-electron chi connectivity index (χ3n) is 8.27. The smallest absolute Gasteiger partial charge is 0.328 e. The second-order valence-electron chi connectivity index (χ2n) is 11.3. The van der Waals surface area contributed by atoms with Crippen LogP contribution in [0.1, 0.15) is 54.4 Å². The van der Waals surface area contributed by atoms with Crippen molar-refractivity contribution < 1.29 is 39.2 Å². The van der Waals surface area contributed by atoms with Crippen LogP contribution in [-0.4, -0.2) is 57.1 Å². The third kappa shape index (κ3) is 6.40. The molecule has 0 aromatic carbocycles. The number of hydrogen-bond donors (Lipinski definition) is 3. The molecule has 39 heavy (non-hydrogen) atoms. The maximum atomic E-state index is 13.4. The van der Waals surface area contributed by atoms with Gasteiger partial charge in [0.25, 0.3) is 0 Å². The molecule has 0 bridgehead atoms. The van der Waals surface area contributed by atoms with E-state index in [9.17, 15) is 24.6 Å². The van der Waals surface area contributed by atoms with Crippen molar-refractivity contribution in [1.82, 2.24) is 0 Å². The minimum absolute atomic E-state index is 0.116. The number of allylic oxidation sites excluding steroid dienone is 8. The number of aliphatic carboxylic acids is 1. The molecule has 8 heteroatoms. The van der Waals surface area contributed by atoms with Crippen LogP contribution in [0.5, 0.6) is 0 Å². The van der Waals surface area contributed by atoms with Crippen LogP contribution in [0.3, 0.4) is 0 Å². The Bertz CT molecular complexity index is 1170. The van der Waals surface area contributed by atoms with Gasteiger partial charge < -0.3 is 24.8 Å². The number of carboxylic acids is 1. The van der Waals surface area contributed by atoms with Crippen LogP contribution >= 0.6 is 0 Å². The Kier molecular flexibility index (Phi) is 9.36. The maximum absolute atomic E-state index is 13.4. The number of esters is 1. The molecule has 0 spiro atoms. The Balaban J connectivity index is 1.77. The molecule has 2 aliphatic carbocycles. The highest BCUT2D eigenvalue weighted by molar-refractivity contribution is 5.89. The number of rotatable bonds is 8. The van der Waals surface area contributed by atoms with E-state index in [0.29, 0.717) is 12.0 Å². The SMILES string of the molecule is CC(/C=C/C=C(\C)C(O)C(C)C(=O)O[C@H]1C[C@@H](C)C=C2C=C[C@]3(C)O[C@@H](O)CC(=O)[C@]3(C)[C@H]21)=C\C=C\C(=O)O. The highest BCUT2D eigenvalue weighted by Gasteiger charge is 2.63. The zero-order valence-electron chi connectivity index (χ0n) is 23.5. The van der Waals surface area contributed by atoms with Gasteiger partial charge in [0, 0.05) is 12.0 Å². The second-order valence-corrected chi connectivity index (χ2v) is 11.3. The van der Waals surface area contributed by atoms with Crippen LogP contribution in [0.15, 0.2) is 71.4 Å². The molecule has 0 amide bonds. The topological polar surface area (TPSA) is 130 Å². The van der Waals surface area contributed by atoms with Gasteiger partial charge in [-0.2, -0.15) is 0 Å². The molecule has 2 unspecified atom stereocenters. The number of ketones is 1. The van der Waals surface area contributed by atoms with Crippen molar-refractivity contribution in [1.29, 1.82) is 0 Å². The van der Waals surface area contributed by atoms with E-state index in [1.54, 1.807) is 45.1 Å². The summed E-state index contributed by atoms with van der Waals surface area (Å²) in [4.78, 5) is 37.2. The highest BCUT2D eigenvalue weighted by atomic mass is 16.6.